The van der Waals surface area contributed by atoms with Crippen molar-refractivity contribution in [2.24, 2.45) is 0 Å². The predicted octanol–water partition coefficient (Wildman–Crippen LogP) is 7.93. The van der Waals surface area contributed by atoms with Crippen molar-refractivity contribution in [2.75, 3.05) is 6.61 Å². The zero-order valence-corrected chi connectivity index (χ0v) is 23.6. The molecule has 1 unspecified atom stereocenters. The summed E-state index contributed by atoms with van der Waals surface area (Å²) >= 11 is 6.17. The molecule has 1 aromatic carbocycles. The fourth-order valence-electron chi connectivity index (χ4n) is 3.36. The van der Waals surface area contributed by atoms with E-state index in [2.05, 4.69) is 39.2 Å². The second kappa shape index (κ2) is 11.2. The molecule has 1 rings (SSSR count). The van der Waals surface area contributed by atoms with Crippen LogP contribution in [0.1, 0.15) is 90.2 Å². The molecule has 0 bridgehead atoms. The molecule has 0 aliphatic carbocycles. The second-order valence-corrected chi connectivity index (χ2v) is 17.4. The Hall–Kier alpha value is -1.60. The Labute approximate surface area is 204 Å². The Balaban J connectivity index is 3.46. The van der Waals surface area contributed by atoms with Crippen molar-refractivity contribution < 1.29 is 23.5 Å². The second-order valence-electron chi connectivity index (χ2n) is 11.2. The molecule has 0 aliphatic rings. The zero-order valence-electron chi connectivity index (χ0n) is 21.9. The van der Waals surface area contributed by atoms with Crippen molar-refractivity contribution in [3.63, 3.8) is 0 Å². The third-order valence-electron chi connectivity index (χ3n) is 6.24. The van der Waals surface area contributed by atoms with Gasteiger partial charge in [0.25, 0.3) is 0 Å². The van der Waals surface area contributed by atoms with E-state index in [0.717, 1.165) is 12.5 Å². The lowest BCUT2D eigenvalue weighted by Gasteiger charge is -2.37. The number of Topliss-reactive ketones (excluding diaryl/α,β-unsaturated/α-hetero) is 1. The van der Waals surface area contributed by atoms with Crippen LogP contribution in [0.2, 0.25) is 29.2 Å². The summed E-state index contributed by atoms with van der Waals surface area (Å²) in [6.45, 7) is 20.1. The molecule has 1 atom stereocenters. The number of amides is 1. The molecule has 0 aliphatic heterocycles. The van der Waals surface area contributed by atoms with Crippen molar-refractivity contribution in [3.8, 4) is 5.75 Å². The number of carbonyl (C=O) groups excluding carboxylic acids is 2. The third kappa shape index (κ3) is 8.28. The number of benzene rings is 1. The lowest BCUT2D eigenvalue weighted by Crippen LogP contribution is -2.38. The fourth-order valence-corrected chi connectivity index (χ4v) is 5.41. The van der Waals surface area contributed by atoms with Crippen LogP contribution in [-0.4, -0.2) is 32.2 Å². The van der Waals surface area contributed by atoms with Crippen molar-refractivity contribution in [3.05, 3.63) is 28.0 Å². The highest BCUT2D eigenvalue weighted by molar-refractivity contribution is 6.80. The molecule has 5 nitrogen and oxygen atoms in total. The highest BCUT2D eigenvalue weighted by Gasteiger charge is 2.35. The standard InChI is InChI=1S/C25H41ClFNO4Si/c1-11-31-22-17(16(2)29)15-18(26)21(27)20(22)19(28-23(30)32-24(3,4)5)13-12-14-33(9,10)25(6,7)8/h15,19H,11-14H2,1-10H3,(H,28,30). The zero-order chi connectivity index (χ0) is 25.8. The Morgan fingerprint density at radius 3 is 2.21 bits per heavy atom. The maximum Gasteiger partial charge on any atom is 0.408 e. The summed E-state index contributed by atoms with van der Waals surface area (Å²) in [4.78, 5) is 24.9. The summed E-state index contributed by atoms with van der Waals surface area (Å²) in [5.41, 5.74) is -0.426. The average Bonchev–Trinajstić information content (AvgIpc) is 2.61. The van der Waals surface area contributed by atoms with Crippen LogP contribution in [0.15, 0.2) is 6.07 Å². The lowest BCUT2D eigenvalue weighted by molar-refractivity contribution is 0.0499. The number of hydrogen-bond donors (Lipinski definition) is 1. The Morgan fingerprint density at radius 2 is 1.76 bits per heavy atom. The Kier molecular flexibility index (Phi) is 10.0. The van der Waals surface area contributed by atoms with Gasteiger partial charge in [0, 0.05) is 0 Å². The van der Waals surface area contributed by atoms with E-state index in [1.165, 1.54) is 13.0 Å². The number of hydrogen-bond acceptors (Lipinski definition) is 4. The van der Waals surface area contributed by atoms with Gasteiger partial charge >= 0.3 is 6.09 Å². The van der Waals surface area contributed by atoms with Gasteiger partial charge in [0.2, 0.25) is 0 Å². The van der Waals surface area contributed by atoms with Gasteiger partial charge in [0.15, 0.2) is 11.6 Å². The van der Waals surface area contributed by atoms with Crippen LogP contribution in [0.5, 0.6) is 5.75 Å². The van der Waals surface area contributed by atoms with Gasteiger partial charge in [-0.05, 0) is 52.1 Å². The van der Waals surface area contributed by atoms with Crippen LogP contribution in [0.25, 0.3) is 0 Å². The van der Waals surface area contributed by atoms with Crippen LogP contribution in [-0.2, 0) is 4.74 Å². The molecule has 0 heterocycles. The maximum atomic E-state index is 15.4. The quantitative estimate of drug-likeness (QED) is 0.275. The topological polar surface area (TPSA) is 64.6 Å². The first kappa shape index (κ1) is 29.4. The molecule has 33 heavy (non-hydrogen) atoms. The van der Waals surface area contributed by atoms with E-state index in [1.807, 2.05) is 0 Å². The van der Waals surface area contributed by atoms with E-state index in [0.29, 0.717) is 6.42 Å². The minimum absolute atomic E-state index is 0.0932. The van der Waals surface area contributed by atoms with Gasteiger partial charge in [-0.25, -0.2) is 9.18 Å². The molecule has 1 aromatic rings. The first-order chi connectivity index (χ1) is 14.9. The summed E-state index contributed by atoms with van der Waals surface area (Å²) in [6.07, 6.45) is 0.565. The van der Waals surface area contributed by atoms with Crippen LogP contribution in [0.4, 0.5) is 9.18 Å². The van der Waals surface area contributed by atoms with Crippen LogP contribution >= 0.6 is 11.6 Å². The number of ether oxygens (including phenoxy) is 2. The van der Waals surface area contributed by atoms with Gasteiger partial charge < -0.3 is 14.8 Å². The predicted molar refractivity (Wildman–Crippen MR) is 136 cm³/mol. The Bertz CT molecular complexity index is 859. The third-order valence-corrected chi connectivity index (χ3v) is 12.2. The summed E-state index contributed by atoms with van der Waals surface area (Å²) in [7, 11) is -1.58. The van der Waals surface area contributed by atoms with E-state index in [4.69, 9.17) is 21.1 Å². The van der Waals surface area contributed by atoms with E-state index in [1.54, 1.807) is 27.7 Å². The molecule has 0 radical (unpaired) electrons. The maximum absolute atomic E-state index is 15.4. The fraction of sp³-hybridized carbons (Fsp3) is 0.680. The van der Waals surface area contributed by atoms with Gasteiger partial charge in [-0.3, -0.25) is 4.79 Å². The molecular formula is C25H41ClFNO4Si. The van der Waals surface area contributed by atoms with E-state index in [9.17, 15) is 9.59 Å². The summed E-state index contributed by atoms with van der Waals surface area (Å²) in [5, 5.41) is 2.84. The number of rotatable bonds is 9. The number of ketones is 1. The van der Waals surface area contributed by atoms with E-state index >= 15 is 4.39 Å². The van der Waals surface area contributed by atoms with Gasteiger partial charge in [-0.2, -0.15) is 0 Å². The van der Waals surface area contributed by atoms with Gasteiger partial charge in [-0.1, -0.05) is 57.9 Å². The monoisotopic (exact) mass is 501 g/mol. The number of carbonyl (C=O) groups is 2. The summed E-state index contributed by atoms with van der Waals surface area (Å²) < 4.78 is 26.6. The van der Waals surface area contributed by atoms with E-state index in [-0.39, 0.29) is 39.3 Å². The highest BCUT2D eigenvalue weighted by Crippen LogP contribution is 2.42. The lowest BCUT2D eigenvalue weighted by atomic mass is 9.96. The first-order valence-corrected chi connectivity index (χ1v) is 15.1. The molecule has 0 fully saturated rings. The molecule has 1 N–H and O–H groups in total. The van der Waals surface area contributed by atoms with Crippen molar-refractivity contribution in [1.82, 2.24) is 5.32 Å². The normalized spacial score (nSPS) is 13.5. The van der Waals surface area contributed by atoms with Crippen molar-refractivity contribution in [1.29, 1.82) is 0 Å². The minimum atomic E-state index is -1.58. The van der Waals surface area contributed by atoms with Crippen molar-refractivity contribution >= 4 is 31.6 Å². The van der Waals surface area contributed by atoms with Crippen LogP contribution < -0.4 is 10.1 Å². The number of halogens is 2. The number of alkyl carbamates (subject to hydrolysis) is 1. The average molecular weight is 502 g/mol. The van der Waals surface area contributed by atoms with Gasteiger partial charge in [-0.15, -0.1) is 0 Å². The molecule has 0 aromatic heterocycles. The summed E-state index contributed by atoms with van der Waals surface area (Å²) in [5.74, 6) is -0.863. The Morgan fingerprint density at radius 1 is 1.18 bits per heavy atom. The minimum Gasteiger partial charge on any atom is -0.493 e. The molecule has 0 saturated carbocycles. The summed E-state index contributed by atoms with van der Waals surface area (Å²) in [6, 6.07) is 1.52. The number of nitrogens with one attached hydrogen (secondary N) is 1. The molecule has 0 spiro atoms. The van der Waals surface area contributed by atoms with Crippen molar-refractivity contribution in [2.45, 2.75) is 104 Å². The van der Waals surface area contributed by atoms with Crippen LogP contribution in [0.3, 0.4) is 0 Å². The largest absolute Gasteiger partial charge is 0.493 e. The first-order valence-electron chi connectivity index (χ1n) is 11.6. The van der Waals surface area contributed by atoms with Crippen LogP contribution in [0, 0.1) is 5.82 Å². The van der Waals surface area contributed by atoms with E-state index < -0.39 is 31.6 Å². The van der Waals surface area contributed by atoms with Gasteiger partial charge in [0.05, 0.1) is 36.9 Å². The molecule has 1 amide bonds. The SMILES string of the molecule is CCOc1c(C(C)=O)cc(Cl)c(F)c1C(CCC[Si](C)(C)C(C)(C)C)NC(=O)OC(C)(C)C. The molecule has 0 saturated heterocycles. The smallest absolute Gasteiger partial charge is 0.408 e. The van der Waals surface area contributed by atoms with Gasteiger partial charge in [0.1, 0.15) is 11.4 Å². The highest BCUT2D eigenvalue weighted by atomic mass is 35.5. The molecular weight excluding hydrogens is 461 g/mol. The molecule has 8 heteroatoms. The molecule has 188 valence electrons.